The molecule has 1 N–H and O–H groups in total. The van der Waals surface area contributed by atoms with Crippen LogP contribution in [0.2, 0.25) is 0 Å². The number of pyridine rings is 1. The average molecular weight is 628 g/mol. The number of benzene rings is 2. The molecule has 0 bridgehead atoms. The van der Waals surface area contributed by atoms with E-state index in [-0.39, 0.29) is 35.3 Å². The molecule has 2 aromatic carbocycles. The summed E-state index contributed by atoms with van der Waals surface area (Å²) in [6, 6.07) is 8.24. The zero-order valence-electron chi connectivity index (χ0n) is 25.8. The summed E-state index contributed by atoms with van der Waals surface area (Å²) in [6.07, 6.45) is 10.1. The van der Waals surface area contributed by atoms with Crippen molar-refractivity contribution in [1.82, 2.24) is 19.9 Å². The van der Waals surface area contributed by atoms with Gasteiger partial charge in [-0.15, -0.1) is 6.42 Å². The zero-order chi connectivity index (χ0) is 31.8. The highest BCUT2D eigenvalue weighted by atomic mass is 19.1. The molecular weight excluding hydrogens is 591 g/mol. The Morgan fingerprint density at radius 1 is 1.07 bits per heavy atom. The molecule has 4 aliphatic rings. The van der Waals surface area contributed by atoms with Crippen molar-refractivity contribution in [1.29, 1.82) is 0 Å². The summed E-state index contributed by atoms with van der Waals surface area (Å²) in [5.74, 6) is 1.76. The number of hydrogen-bond donors (Lipinski definition) is 1. The minimum absolute atomic E-state index is 0.00215. The molecular formula is C36H36F3N5O2. The fraction of sp³-hybridized carbons (Fsp3) is 0.472. The van der Waals surface area contributed by atoms with Crippen molar-refractivity contribution in [3.63, 3.8) is 0 Å². The van der Waals surface area contributed by atoms with E-state index in [9.17, 15) is 13.9 Å². The number of ether oxygens (including phenoxy) is 1. The predicted molar refractivity (Wildman–Crippen MR) is 171 cm³/mol. The Bertz CT molecular complexity index is 1920. The number of rotatable bonds is 6. The Morgan fingerprint density at radius 2 is 1.89 bits per heavy atom. The number of fused-ring (bicyclic) bond motifs is 3. The van der Waals surface area contributed by atoms with E-state index >= 15 is 4.39 Å². The Balaban J connectivity index is 1.33. The van der Waals surface area contributed by atoms with Crippen molar-refractivity contribution in [3.05, 3.63) is 53.2 Å². The first-order chi connectivity index (χ1) is 22.2. The molecule has 10 heteroatoms. The van der Waals surface area contributed by atoms with Gasteiger partial charge in [0.15, 0.2) is 5.82 Å². The number of hydrogen-bond acceptors (Lipinski definition) is 7. The number of aromatic nitrogens is 3. The predicted octanol–water partition coefficient (Wildman–Crippen LogP) is 6.29. The number of alkyl halides is 1. The molecule has 46 heavy (non-hydrogen) atoms. The van der Waals surface area contributed by atoms with Gasteiger partial charge in [-0.3, -0.25) is 4.90 Å². The van der Waals surface area contributed by atoms with Crippen LogP contribution in [0.5, 0.6) is 6.01 Å². The normalized spacial score (nSPS) is 26.5. The first kappa shape index (κ1) is 29.5. The molecule has 7 nitrogen and oxygen atoms in total. The molecule has 3 aliphatic heterocycles. The van der Waals surface area contributed by atoms with Gasteiger partial charge in [0.05, 0.1) is 27.8 Å². The van der Waals surface area contributed by atoms with Crippen LogP contribution in [0.4, 0.5) is 19.0 Å². The Kier molecular flexibility index (Phi) is 6.93. The number of piperidine rings is 1. The highest BCUT2D eigenvalue weighted by Gasteiger charge is 2.49. The monoisotopic (exact) mass is 627 g/mol. The lowest BCUT2D eigenvalue weighted by Gasteiger charge is -2.38. The third-order valence-electron chi connectivity index (χ3n) is 10.3. The van der Waals surface area contributed by atoms with Crippen molar-refractivity contribution < 1.29 is 23.0 Å². The Labute approximate surface area is 265 Å². The van der Waals surface area contributed by atoms with Gasteiger partial charge >= 0.3 is 6.01 Å². The summed E-state index contributed by atoms with van der Waals surface area (Å²) >= 11 is 0. The van der Waals surface area contributed by atoms with Gasteiger partial charge in [0.2, 0.25) is 0 Å². The number of anilines is 1. The first-order valence-corrected chi connectivity index (χ1v) is 16.2. The quantitative estimate of drug-likeness (QED) is 0.252. The smallest absolute Gasteiger partial charge is 0.319 e. The summed E-state index contributed by atoms with van der Waals surface area (Å²) in [6.45, 7) is 4.11. The molecule has 1 aliphatic carbocycles. The van der Waals surface area contributed by atoms with Crippen molar-refractivity contribution in [3.8, 4) is 29.6 Å². The Hall–Kier alpha value is -3.94. The van der Waals surface area contributed by atoms with Crippen molar-refractivity contribution in [2.45, 2.75) is 75.1 Å². The number of halogens is 3. The van der Waals surface area contributed by atoms with Gasteiger partial charge in [0.1, 0.15) is 35.6 Å². The first-order valence-electron chi connectivity index (χ1n) is 16.2. The zero-order valence-corrected chi connectivity index (χ0v) is 25.8. The molecule has 4 fully saturated rings. The maximum absolute atomic E-state index is 17.1. The van der Waals surface area contributed by atoms with Gasteiger partial charge in [-0.05, 0) is 63.4 Å². The molecule has 8 rings (SSSR count). The number of nitrogens with zero attached hydrogens (tertiary/aromatic N) is 5. The SMILES string of the molecule is C#Cc1c(F)ccc2cccc(-c3nc(C4CC4)c4c(N5CCC[C@@](C)(O)C5)nc(OC[C@@]56CCCN5C[C@H](F)C6)nc4c3F)c12. The average Bonchev–Trinajstić information content (AvgIpc) is 3.73. The van der Waals surface area contributed by atoms with Crippen LogP contribution in [0.3, 0.4) is 0 Å². The number of terminal acetylenes is 1. The van der Waals surface area contributed by atoms with Crippen LogP contribution >= 0.6 is 0 Å². The fourth-order valence-corrected chi connectivity index (χ4v) is 8.03. The second-order valence-corrected chi connectivity index (χ2v) is 13.8. The molecule has 4 aromatic rings. The van der Waals surface area contributed by atoms with E-state index in [4.69, 9.17) is 26.1 Å². The molecule has 0 unspecified atom stereocenters. The van der Waals surface area contributed by atoms with Gasteiger partial charge < -0.3 is 14.7 Å². The van der Waals surface area contributed by atoms with E-state index in [0.717, 1.165) is 38.6 Å². The van der Waals surface area contributed by atoms with Crippen LogP contribution in [0.1, 0.15) is 69.0 Å². The minimum Gasteiger partial charge on any atom is -0.461 e. The summed E-state index contributed by atoms with van der Waals surface area (Å²) in [5.41, 5.74) is -0.186. The van der Waals surface area contributed by atoms with Gasteiger partial charge in [-0.2, -0.15) is 9.97 Å². The van der Waals surface area contributed by atoms with Crippen LogP contribution in [0, 0.1) is 24.0 Å². The molecule has 238 valence electrons. The molecule has 0 amide bonds. The summed E-state index contributed by atoms with van der Waals surface area (Å²) < 4.78 is 52.9. The molecule has 5 heterocycles. The molecule has 3 atom stereocenters. The minimum atomic E-state index is -0.954. The topological polar surface area (TPSA) is 74.6 Å². The van der Waals surface area contributed by atoms with Crippen LogP contribution < -0.4 is 9.64 Å². The largest absolute Gasteiger partial charge is 0.461 e. The van der Waals surface area contributed by atoms with Crippen molar-refractivity contribution >= 4 is 27.5 Å². The molecule has 2 aromatic heterocycles. The molecule has 3 saturated heterocycles. The van der Waals surface area contributed by atoms with Crippen LogP contribution in [0.25, 0.3) is 32.9 Å². The standard InChI is InChI=1S/C36H36F3N5O2/c1-3-24-26(38)12-11-21-7-4-8-25(27(21)24)31-29(39)32-28(30(40-31)22-9-10-22)33(43-15-5-13-35(2,45)19-43)42-34(41-32)46-20-36-14-6-16-44(36)18-23(37)17-36/h1,4,7-8,11-12,22-23,45H,5-6,9-10,13-20H2,2H3/t23-,35-,36+/m1/s1. The van der Waals surface area contributed by atoms with Gasteiger partial charge in [0, 0.05) is 42.9 Å². The third-order valence-corrected chi connectivity index (χ3v) is 10.3. The summed E-state index contributed by atoms with van der Waals surface area (Å²) in [4.78, 5) is 18.6. The Morgan fingerprint density at radius 3 is 2.67 bits per heavy atom. The van der Waals surface area contributed by atoms with E-state index < -0.39 is 28.9 Å². The van der Waals surface area contributed by atoms with Crippen molar-refractivity contribution in [2.75, 3.05) is 37.7 Å². The number of aliphatic hydroxyl groups is 1. The van der Waals surface area contributed by atoms with E-state index in [0.29, 0.717) is 65.7 Å². The van der Waals surface area contributed by atoms with E-state index in [2.05, 4.69) is 10.8 Å². The van der Waals surface area contributed by atoms with Crippen molar-refractivity contribution in [2.24, 2.45) is 0 Å². The molecule has 1 saturated carbocycles. The summed E-state index contributed by atoms with van der Waals surface area (Å²) in [5, 5.41) is 12.6. The van der Waals surface area contributed by atoms with Gasteiger partial charge in [0.25, 0.3) is 0 Å². The lowest BCUT2D eigenvalue weighted by Crippen LogP contribution is -2.46. The highest BCUT2D eigenvalue weighted by Crippen LogP contribution is 2.48. The second-order valence-electron chi connectivity index (χ2n) is 13.8. The lowest BCUT2D eigenvalue weighted by molar-refractivity contribution is 0.0447. The molecule has 0 radical (unpaired) electrons. The van der Waals surface area contributed by atoms with Gasteiger partial charge in [-0.25, -0.2) is 18.2 Å². The summed E-state index contributed by atoms with van der Waals surface area (Å²) in [7, 11) is 0. The van der Waals surface area contributed by atoms with E-state index in [1.165, 1.54) is 6.07 Å². The number of β-amino-alcohol motifs (C(OH)–C–C–N with tert-alkyl or cyclic N) is 1. The van der Waals surface area contributed by atoms with Crippen LogP contribution in [-0.2, 0) is 0 Å². The maximum Gasteiger partial charge on any atom is 0.319 e. The van der Waals surface area contributed by atoms with Gasteiger partial charge in [-0.1, -0.05) is 30.2 Å². The van der Waals surface area contributed by atoms with E-state index in [1.807, 2.05) is 11.0 Å². The van der Waals surface area contributed by atoms with E-state index in [1.54, 1.807) is 25.1 Å². The maximum atomic E-state index is 17.1. The molecule has 0 spiro atoms. The van der Waals surface area contributed by atoms with Crippen LogP contribution in [0.15, 0.2) is 30.3 Å². The third kappa shape index (κ3) is 4.87. The lowest BCUT2D eigenvalue weighted by atomic mass is 9.94. The second kappa shape index (κ2) is 10.8. The highest BCUT2D eigenvalue weighted by molar-refractivity contribution is 6.03. The fourth-order valence-electron chi connectivity index (χ4n) is 8.03. The van der Waals surface area contributed by atoms with Crippen LogP contribution in [-0.4, -0.2) is 75.1 Å².